The molecule has 144 valence electrons. The number of carbonyl (C=O) groups is 1. The fraction of sp³-hybridized carbons (Fsp3) is 0.882. The van der Waals surface area contributed by atoms with Crippen LogP contribution in [0.3, 0.4) is 0 Å². The van der Waals surface area contributed by atoms with Crippen LogP contribution in [-0.2, 0) is 14.3 Å². The third kappa shape index (κ3) is 4.05. The SMILES string of the molecule is COCCNC(=NCC(=O)N(C)C)NC1C2CCOC2C12CCC2.I. The number of nitrogens with zero attached hydrogens (tertiary/aromatic N) is 2. The van der Waals surface area contributed by atoms with Crippen molar-refractivity contribution in [3.8, 4) is 0 Å². The predicted octanol–water partition coefficient (Wildman–Crippen LogP) is 0.832. The summed E-state index contributed by atoms with van der Waals surface area (Å²) < 4.78 is 11.1. The van der Waals surface area contributed by atoms with Gasteiger partial charge >= 0.3 is 0 Å². The van der Waals surface area contributed by atoms with Crippen LogP contribution in [0.2, 0.25) is 0 Å². The van der Waals surface area contributed by atoms with Gasteiger partial charge in [-0.25, -0.2) is 4.99 Å². The van der Waals surface area contributed by atoms with Gasteiger partial charge in [-0.15, -0.1) is 24.0 Å². The molecule has 1 saturated heterocycles. The minimum atomic E-state index is -0.00288. The van der Waals surface area contributed by atoms with Crippen molar-refractivity contribution in [1.29, 1.82) is 0 Å². The standard InChI is InChI=1S/C17H30N4O3.HI/c1-21(2)13(22)11-19-16(18-8-10-23-3)20-14-12-5-9-24-15(12)17(14)6-4-7-17;/h12,14-15H,4-11H2,1-3H3,(H2,18,19,20);1H. The Balaban J connectivity index is 0.00000225. The zero-order valence-corrected chi connectivity index (χ0v) is 17.7. The zero-order valence-electron chi connectivity index (χ0n) is 15.4. The Morgan fingerprint density at radius 3 is 2.76 bits per heavy atom. The third-order valence-corrected chi connectivity index (χ3v) is 5.80. The van der Waals surface area contributed by atoms with Crippen LogP contribution in [0, 0.1) is 11.3 Å². The van der Waals surface area contributed by atoms with Crippen molar-refractivity contribution in [2.24, 2.45) is 16.3 Å². The average Bonchev–Trinajstić information content (AvgIpc) is 2.92. The molecule has 0 aromatic rings. The first-order valence-electron chi connectivity index (χ1n) is 8.94. The number of carbonyl (C=O) groups excluding carboxylic acids is 1. The van der Waals surface area contributed by atoms with E-state index in [4.69, 9.17) is 9.47 Å². The number of aliphatic imine (C=N–C) groups is 1. The smallest absolute Gasteiger partial charge is 0.243 e. The number of fused-ring (bicyclic) bond motifs is 2. The van der Waals surface area contributed by atoms with Gasteiger partial charge in [0.25, 0.3) is 0 Å². The number of amides is 1. The van der Waals surface area contributed by atoms with Crippen molar-refractivity contribution in [3.63, 3.8) is 0 Å². The number of guanidine groups is 1. The number of methoxy groups -OCH3 is 1. The van der Waals surface area contributed by atoms with Crippen LogP contribution in [-0.4, -0.2) is 76.4 Å². The molecule has 1 amide bonds. The van der Waals surface area contributed by atoms with Gasteiger partial charge in [-0.2, -0.15) is 0 Å². The molecule has 0 aromatic carbocycles. The highest BCUT2D eigenvalue weighted by Gasteiger charge is 2.66. The van der Waals surface area contributed by atoms with Crippen molar-refractivity contribution in [3.05, 3.63) is 0 Å². The molecule has 1 aliphatic heterocycles. The van der Waals surface area contributed by atoms with Crippen molar-refractivity contribution >= 4 is 35.8 Å². The lowest BCUT2D eigenvalue weighted by Crippen LogP contribution is -2.72. The zero-order chi connectivity index (χ0) is 17.2. The van der Waals surface area contributed by atoms with Gasteiger partial charge in [-0.1, -0.05) is 6.42 Å². The molecule has 2 aliphatic carbocycles. The molecule has 0 radical (unpaired) electrons. The summed E-state index contributed by atoms with van der Waals surface area (Å²) in [4.78, 5) is 17.9. The maximum Gasteiger partial charge on any atom is 0.243 e. The molecule has 3 unspecified atom stereocenters. The minimum absolute atomic E-state index is 0. The van der Waals surface area contributed by atoms with E-state index in [1.807, 2.05) is 0 Å². The summed E-state index contributed by atoms with van der Waals surface area (Å²) in [5.41, 5.74) is 0.288. The summed E-state index contributed by atoms with van der Waals surface area (Å²) >= 11 is 0. The van der Waals surface area contributed by atoms with Gasteiger partial charge < -0.3 is 25.0 Å². The van der Waals surface area contributed by atoms with E-state index in [1.54, 1.807) is 26.1 Å². The maximum atomic E-state index is 11.8. The quantitative estimate of drug-likeness (QED) is 0.263. The fourth-order valence-corrected chi connectivity index (χ4v) is 4.32. The van der Waals surface area contributed by atoms with E-state index in [1.165, 1.54) is 19.3 Å². The summed E-state index contributed by atoms with van der Waals surface area (Å²) in [6.07, 6.45) is 5.29. The molecule has 7 nitrogen and oxygen atoms in total. The molecule has 3 rings (SSSR count). The summed E-state index contributed by atoms with van der Waals surface area (Å²) in [7, 11) is 5.18. The van der Waals surface area contributed by atoms with Crippen molar-refractivity contribution < 1.29 is 14.3 Å². The lowest BCUT2D eigenvalue weighted by atomic mass is 9.46. The molecule has 0 aromatic heterocycles. The Hall–Kier alpha value is -0.610. The van der Waals surface area contributed by atoms with E-state index in [-0.39, 0.29) is 41.8 Å². The van der Waals surface area contributed by atoms with Crippen molar-refractivity contribution in [2.45, 2.75) is 37.8 Å². The van der Waals surface area contributed by atoms with Crippen LogP contribution >= 0.6 is 24.0 Å². The molecule has 1 spiro atoms. The molecule has 25 heavy (non-hydrogen) atoms. The second kappa shape index (κ2) is 8.85. The Morgan fingerprint density at radius 2 is 2.16 bits per heavy atom. The Labute approximate surface area is 167 Å². The number of hydrogen-bond donors (Lipinski definition) is 2. The van der Waals surface area contributed by atoms with E-state index in [9.17, 15) is 4.79 Å². The van der Waals surface area contributed by atoms with E-state index in [2.05, 4.69) is 15.6 Å². The number of rotatable bonds is 6. The topological polar surface area (TPSA) is 75.2 Å². The fourth-order valence-electron chi connectivity index (χ4n) is 4.32. The molecule has 3 atom stereocenters. The van der Waals surface area contributed by atoms with Gasteiger partial charge in [0.1, 0.15) is 6.54 Å². The molecular formula is C17H31IN4O3. The number of likely N-dealkylation sites (N-methyl/N-ethyl adjacent to an activating group) is 1. The van der Waals surface area contributed by atoms with Crippen LogP contribution in [0.15, 0.2) is 4.99 Å². The molecule has 2 N–H and O–H groups in total. The van der Waals surface area contributed by atoms with E-state index < -0.39 is 0 Å². The largest absolute Gasteiger partial charge is 0.383 e. The second-order valence-electron chi connectivity index (χ2n) is 7.33. The summed E-state index contributed by atoms with van der Waals surface area (Å²) in [5, 5.41) is 6.89. The van der Waals surface area contributed by atoms with Crippen LogP contribution in [0.5, 0.6) is 0 Å². The lowest BCUT2D eigenvalue weighted by Gasteiger charge is -2.63. The highest BCUT2D eigenvalue weighted by atomic mass is 127. The monoisotopic (exact) mass is 466 g/mol. The highest BCUT2D eigenvalue weighted by Crippen LogP contribution is 2.62. The molecule has 8 heteroatoms. The van der Waals surface area contributed by atoms with E-state index in [0.29, 0.717) is 37.2 Å². The molecule has 3 fully saturated rings. The first-order chi connectivity index (χ1) is 11.6. The second-order valence-corrected chi connectivity index (χ2v) is 7.33. The Kier molecular flexibility index (Phi) is 7.33. The number of ether oxygens (including phenoxy) is 2. The normalized spacial score (nSPS) is 29.1. The van der Waals surface area contributed by atoms with Gasteiger partial charge in [-0.05, 0) is 19.3 Å². The number of halogens is 1. The van der Waals surface area contributed by atoms with Crippen LogP contribution in [0.4, 0.5) is 0 Å². The molecule has 1 heterocycles. The predicted molar refractivity (Wildman–Crippen MR) is 107 cm³/mol. The molecular weight excluding hydrogens is 435 g/mol. The summed E-state index contributed by atoms with van der Waals surface area (Å²) in [6.45, 7) is 2.30. The van der Waals surface area contributed by atoms with Gasteiger partial charge in [0.2, 0.25) is 5.91 Å². The van der Waals surface area contributed by atoms with Crippen LogP contribution < -0.4 is 10.6 Å². The van der Waals surface area contributed by atoms with Gasteiger partial charge in [-0.3, -0.25) is 4.79 Å². The average molecular weight is 466 g/mol. The van der Waals surface area contributed by atoms with Crippen LogP contribution in [0.1, 0.15) is 25.7 Å². The molecule has 0 bridgehead atoms. The highest BCUT2D eigenvalue weighted by molar-refractivity contribution is 14.0. The maximum absolute atomic E-state index is 11.8. The third-order valence-electron chi connectivity index (χ3n) is 5.80. The molecule has 2 saturated carbocycles. The number of hydrogen-bond acceptors (Lipinski definition) is 4. The Bertz CT molecular complexity index is 496. The first-order valence-corrected chi connectivity index (χ1v) is 8.94. The molecule has 3 aliphatic rings. The van der Waals surface area contributed by atoms with Crippen molar-refractivity contribution in [2.75, 3.05) is 47.5 Å². The van der Waals surface area contributed by atoms with E-state index >= 15 is 0 Å². The first kappa shape index (κ1) is 20.7. The van der Waals surface area contributed by atoms with E-state index in [0.717, 1.165) is 13.0 Å². The van der Waals surface area contributed by atoms with Gasteiger partial charge in [0.15, 0.2) is 5.96 Å². The van der Waals surface area contributed by atoms with Gasteiger partial charge in [0.05, 0.1) is 12.7 Å². The Morgan fingerprint density at radius 1 is 1.40 bits per heavy atom. The summed E-state index contributed by atoms with van der Waals surface area (Å²) in [5.74, 6) is 1.28. The number of nitrogens with one attached hydrogen (secondary N) is 2. The lowest BCUT2D eigenvalue weighted by molar-refractivity contribution is -0.171. The minimum Gasteiger partial charge on any atom is -0.383 e. The van der Waals surface area contributed by atoms with Crippen molar-refractivity contribution in [1.82, 2.24) is 15.5 Å². The summed E-state index contributed by atoms with van der Waals surface area (Å²) in [6, 6.07) is 0.405. The van der Waals surface area contributed by atoms with Crippen LogP contribution in [0.25, 0.3) is 0 Å². The van der Waals surface area contributed by atoms with Gasteiger partial charge in [0, 0.05) is 51.7 Å².